The fourth-order valence-corrected chi connectivity index (χ4v) is 8.57. The van der Waals surface area contributed by atoms with Crippen LogP contribution in [0.25, 0.3) is 32.1 Å². The predicted molar refractivity (Wildman–Crippen MR) is 188 cm³/mol. The van der Waals surface area contributed by atoms with E-state index in [0.29, 0.717) is 25.2 Å². The van der Waals surface area contributed by atoms with E-state index in [1.165, 1.54) is 18.2 Å². The zero-order valence-electron chi connectivity index (χ0n) is 27.1. The number of benzene rings is 2. The number of alkyl halides is 1. The lowest BCUT2D eigenvalue weighted by Crippen LogP contribution is -2.44. The van der Waals surface area contributed by atoms with E-state index in [1.807, 2.05) is 13.0 Å². The Kier molecular flexibility index (Phi) is 8.92. The van der Waals surface area contributed by atoms with E-state index >= 15 is 4.39 Å². The summed E-state index contributed by atoms with van der Waals surface area (Å²) in [5.74, 6) is -1.33. The van der Waals surface area contributed by atoms with Crippen molar-refractivity contribution in [1.82, 2.24) is 19.9 Å². The number of amides is 1. The summed E-state index contributed by atoms with van der Waals surface area (Å²) < 4.78 is 52.8. The van der Waals surface area contributed by atoms with Crippen molar-refractivity contribution in [2.45, 2.75) is 50.4 Å². The number of aromatic nitrogens is 3. The number of nitrogen functional groups attached to an aromatic ring is 1. The SMILES string of the molecule is CCC(C(=O)Nc1ccccn1)N(C)c1nc(OC[C@@]23CCCN2C[C@H](F)C3)nc2c(F)c(-c3ccc(F)c4sc(N)c(C#N)c34)c(Cl)cc12. The van der Waals surface area contributed by atoms with Gasteiger partial charge in [0.1, 0.15) is 52.9 Å². The molecule has 1 unspecified atom stereocenters. The Labute approximate surface area is 294 Å². The maximum absolute atomic E-state index is 17.0. The third-order valence-electron chi connectivity index (χ3n) is 9.68. The highest BCUT2D eigenvalue weighted by Crippen LogP contribution is 2.46. The van der Waals surface area contributed by atoms with E-state index in [9.17, 15) is 18.8 Å². The number of rotatable bonds is 9. The Morgan fingerprint density at radius 1 is 1.32 bits per heavy atom. The van der Waals surface area contributed by atoms with Crippen LogP contribution in [0.3, 0.4) is 0 Å². The molecule has 0 saturated carbocycles. The highest BCUT2D eigenvalue weighted by Gasteiger charge is 2.49. The minimum atomic E-state index is -0.986. The normalized spacial score (nSPS) is 19.4. The number of carbonyl (C=O) groups excluding carboxylic acids is 1. The van der Waals surface area contributed by atoms with Gasteiger partial charge in [0.25, 0.3) is 0 Å². The first-order chi connectivity index (χ1) is 24.0. The van der Waals surface area contributed by atoms with Gasteiger partial charge in [0, 0.05) is 42.5 Å². The van der Waals surface area contributed by atoms with E-state index < -0.39 is 29.4 Å². The molecule has 5 aromatic rings. The van der Waals surface area contributed by atoms with Gasteiger partial charge in [-0.3, -0.25) is 9.69 Å². The molecule has 2 fully saturated rings. The first-order valence-electron chi connectivity index (χ1n) is 16.1. The highest BCUT2D eigenvalue weighted by molar-refractivity contribution is 7.23. The van der Waals surface area contributed by atoms with E-state index in [-0.39, 0.29) is 72.0 Å². The second kappa shape index (κ2) is 13.2. The molecule has 5 heterocycles. The number of pyridine rings is 1. The Hall–Kier alpha value is -4.71. The summed E-state index contributed by atoms with van der Waals surface area (Å²) in [5, 5.41) is 13.0. The number of anilines is 3. The third kappa shape index (κ3) is 5.73. The number of nitrogens with one attached hydrogen (secondary N) is 1. The Balaban J connectivity index is 1.37. The van der Waals surface area contributed by atoms with Crippen LogP contribution < -0.4 is 20.7 Å². The molecule has 3 aromatic heterocycles. The smallest absolute Gasteiger partial charge is 0.319 e. The highest BCUT2D eigenvalue weighted by atomic mass is 35.5. The fourth-order valence-electron chi connectivity index (χ4n) is 7.33. The lowest BCUT2D eigenvalue weighted by atomic mass is 9.95. The summed E-state index contributed by atoms with van der Waals surface area (Å²) in [6, 6.07) is 10.2. The van der Waals surface area contributed by atoms with Crippen LogP contribution in [0.2, 0.25) is 5.02 Å². The molecule has 2 aliphatic heterocycles. The molecule has 0 aliphatic carbocycles. The summed E-state index contributed by atoms with van der Waals surface area (Å²) in [7, 11) is 1.65. The lowest BCUT2D eigenvalue weighted by molar-refractivity contribution is -0.117. The molecule has 0 bridgehead atoms. The number of ether oxygens (including phenoxy) is 1. The van der Waals surface area contributed by atoms with Crippen molar-refractivity contribution in [1.29, 1.82) is 5.26 Å². The van der Waals surface area contributed by atoms with Gasteiger partial charge in [-0.2, -0.15) is 15.2 Å². The molecular formula is C35H32ClF3N8O2S. The minimum Gasteiger partial charge on any atom is -0.461 e. The third-order valence-corrected chi connectivity index (χ3v) is 11.0. The molecule has 3 N–H and O–H groups in total. The fraction of sp³-hybridized carbons (Fsp3) is 0.343. The lowest BCUT2D eigenvalue weighted by Gasteiger charge is -2.31. The van der Waals surface area contributed by atoms with Crippen molar-refractivity contribution in [3.05, 3.63) is 64.8 Å². The summed E-state index contributed by atoms with van der Waals surface area (Å²) >= 11 is 7.71. The van der Waals surface area contributed by atoms with Crippen molar-refractivity contribution in [3.8, 4) is 23.2 Å². The van der Waals surface area contributed by atoms with Gasteiger partial charge in [-0.25, -0.2) is 18.2 Å². The van der Waals surface area contributed by atoms with Crippen LogP contribution in [0.15, 0.2) is 42.6 Å². The molecule has 0 radical (unpaired) electrons. The van der Waals surface area contributed by atoms with Gasteiger partial charge in [-0.15, -0.1) is 11.3 Å². The average Bonchev–Trinajstić information content (AvgIpc) is 3.74. The monoisotopic (exact) mass is 720 g/mol. The quantitative estimate of drug-likeness (QED) is 0.164. The van der Waals surface area contributed by atoms with E-state index in [0.717, 1.165) is 30.7 Å². The summed E-state index contributed by atoms with van der Waals surface area (Å²) in [6.07, 6.45) is 2.85. The van der Waals surface area contributed by atoms with Crippen molar-refractivity contribution in [2.24, 2.45) is 0 Å². The Bertz CT molecular complexity index is 2180. The Morgan fingerprint density at radius 2 is 2.14 bits per heavy atom. The maximum atomic E-state index is 17.0. The van der Waals surface area contributed by atoms with Crippen LogP contribution in [0.1, 0.15) is 38.2 Å². The van der Waals surface area contributed by atoms with Crippen LogP contribution in [0, 0.1) is 23.0 Å². The van der Waals surface area contributed by atoms with Crippen LogP contribution in [0.5, 0.6) is 6.01 Å². The number of nitrogens with zero attached hydrogens (tertiary/aromatic N) is 6. The number of likely N-dealkylation sites (N-methyl/N-ethyl adjacent to an activating group) is 1. The van der Waals surface area contributed by atoms with E-state index in [4.69, 9.17) is 22.1 Å². The number of carbonyl (C=O) groups is 1. The van der Waals surface area contributed by atoms with Gasteiger partial charge in [0.05, 0.1) is 20.8 Å². The van der Waals surface area contributed by atoms with Crippen molar-refractivity contribution >= 4 is 66.5 Å². The topological polar surface area (TPSA) is 133 Å². The molecule has 2 aliphatic rings. The van der Waals surface area contributed by atoms with E-state index in [1.54, 1.807) is 36.3 Å². The summed E-state index contributed by atoms with van der Waals surface area (Å²) in [4.78, 5) is 30.6. The zero-order valence-corrected chi connectivity index (χ0v) is 28.7. The average molecular weight is 721 g/mol. The number of fused-ring (bicyclic) bond motifs is 3. The van der Waals surface area contributed by atoms with Crippen molar-refractivity contribution in [3.63, 3.8) is 0 Å². The van der Waals surface area contributed by atoms with Crippen LogP contribution in [-0.4, -0.2) is 70.3 Å². The molecule has 1 amide bonds. The molecule has 15 heteroatoms. The summed E-state index contributed by atoms with van der Waals surface area (Å²) in [5.41, 5.74) is 5.40. The van der Waals surface area contributed by atoms with Crippen LogP contribution >= 0.6 is 22.9 Å². The number of halogens is 4. The second-order valence-electron chi connectivity index (χ2n) is 12.6. The van der Waals surface area contributed by atoms with E-state index in [2.05, 4.69) is 25.2 Å². The van der Waals surface area contributed by atoms with Crippen molar-refractivity contribution in [2.75, 3.05) is 42.7 Å². The molecular weight excluding hydrogens is 689 g/mol. The second-order valence-corrected chi connectivity index (χ2v) is 14.1. The molecule has 2 aromatic carbocycles. The van der Waals surface area contributed by atoms with Gasteiger partial charge >= 0.3 is 6.01 Å². The molecule has 10 nitrogen and oxygen atoms in total. The number of nitrogens with two attached hydrogens (primary N) is 1. The molecule has 2 saturated heterocycles. The van der Waals surface area contributed by atoms with Gasteiger partial charge in [0.15, 0.2) is 5.82 Å². The van der Waals surface area contributed by atoms with Gasteiger partial charge < -0.3 is 20.7 Å². The molecule has 7 rings (SSSR count). The maximum Gasteiger partial charge on any atom is 0.319 e. The molecule has 50 heavy (non-hydrogen) atoms. The number of hydrogen-bond acceptors (Lipinski definition) is 10. The first kappa shape index (κ1) is 33.8. The standard InChI is InChI=1S/C35H32ClF3N8O2S/c1-3-24(33(48)43-25-7-4-5-11-42-25)46(2)32-20-13-22(36)27(19-8-9-23(38)30-26(19)21(15-40)31(41)50-30)28(39)29(20)44-34(45-32)49-17-35-10-6-12-47(35)16-18(37)14-35/h4-5,7-9,11,13,18,24H,3,6,10,12,14,16-17,41H2,1-2H3,(H,42,43,48)/t18-,24?,35+/m1/s1. The first-order valence-corrected chi connectivity index (χ1v) is 17.3. The predicted octanol–water partition coefficient (Wildman–Crippen LogP) is 7.10. The Morgan fingerprint density at radius 3 is 2.88 bits per heavy atom. The molecule has 3 atom stereocenters. The number of thiophene rings is 1. The van der Waals surface area contributed by atoms with Crippen molar-refractivity contribution < 1.29 is 22.7 Å². The van der Waals surface area contributed by atoms with Crippen LogP contribution in [-0.2, 0) is 4.79 Å². The van der Waals surface area contributed by atoms with Crippen LogP contribution in [0.4, 0.5) is 29.8 Å². The molecule has 0 spiro atoms. The zero-order chi connectivity index (χ0) is 35.3. The largest absolute Gasteiger partial charge is 0.461 e. The van der Waals surface area contributed by atoms with Gasteiger partial charge in [-0.1, -0.05) is 30.7 Å². The minimum absolute atomic E-state index is 0.00927. The molecule has 258 valence electrons. The summed E-state index contributed by atoms with van der Waals surface area (Å²) in [6.45, 7) is 2.98. The number of nitriles is 1. The number of hydrogen-bond donors (Lipinski definition) is 2. The van der Waals surface area contributed by atoms with Gasteiger partial charge in [0.2, 0.25) is 5.91 Å². The van der Waals surface area contributed by atoms with Gasteiger partial charge in [-0.05, 0) is 55.6 Å².